The normalized spacial score (nSPS) is 15.3. The van der Waals surface area contributed by atoms with E-state index in [0.29, 0.717) is 27.8 Å². The molecule has 174 valence electrons. The zero-order valence-electron chi connectivity index (χ0n) is 18.6. The molecule has 34 heavy (non-hydrogen) atoms. The third kappa shape index (κ3) is 4.50. The van der Waals surface area contributed by atoms with Crippen LogP contribution in [0, 0.1) is 11.7 Å². The van der Waals surface area contributed by atoms with Crippen molar-refractivity contribution < 1.29 is 9.18 Å². The van der Waals surface area contributed by atoms with Crippen LogP contribution >= 0.6 is 23.1 Å². The Kier molecular flexibility index (Phi) is 6.47. The fourth-order valence-corrected chi connectivity index (χ4v) is 6.45. The summed E-state index contributed by atoms with van der Waals surface area (Å²) in [6.45, 7) is 2.52. The van der Waals surface area contributed by atoms with Gasteiger partial charge in [0.2, 0.25) is 5.91 Å². The molecule has 3 aromatic heterocycles. The molecule has 1 amide bonds. The van der Waals surface area contributed by atoms with E-state index in [4.69, 9.17) is 4.98 Å². The van der Waals surface area contributed by atoms with Gasteiger partial charge in [0.15, 0.2) is 5.16 Å². The number of benzene rings is 1. The highest BCUT2D eigenvalue weighted by molar-refractivity contribution is 7.99. The van der Waals surface area contributed by atoms with Crippen molar-refractivity contribution in [3.63, 3.8) is 0 Å². The molecule has 1 aliphatic carbocycles. The van der Waals surface area contributed by atoms with Crippen LogP contribution < -0.4 is 10.9 Å². The zero-order valence-corrected chi connectivity index (χ0v) is 20.2. The topological polar surface area (TPSA) is 76.9 Å². The number of aryl methyl sites for hydroxylation is 1. The molecule has 0 radical (unpaired) electrons. The lowest BCUT2D eigenvalue weighted by atomic mass is 9.89. The minimum atomic E-state index is -0.509. The number of amides is 1. The molecule has 6 nitrogen and oxygen atoms in total. The van der Waals surface area contributed by atoms with Crippen LogP contribution in [-0.2, 0) is 24.2 Å². The van der Waals surface area contributed by atoms with Gasteiger partial charge in [-0.1, -0.05) is 36.9 Å². The number of aromatic nitrogens is 3. The van der Waals surface area contributed by atoms with Gasteiger partial charge in [-0.2, -0.15) is 0 Å². The Labute approximate surface area is 204 Å². The summed E-state index contributed by atoms with van der Waals surface area (Å²) >= 11 is 2.67. The van der Waals surface area contributed by atoms with Gasteiger partial charge in [-0.3, -0.25) is 19.1 Å². The quantitative estimate of drug-likeness (QED) is 0.315. The van der Waals surface area contributed by atoms with E-state index in [1.165, 1.54) is 15.5 Å². The number of thiophene rings is 1. The lowest BCUT2D eigenvalue weighted by Gasteiger charge is -2.18. The molecule has 1 unspecified atom stereocenters. The second kappa shape index (κ2) is 9.68. The zero-order chi connectivity index (χ0) is 23.7. The smallest absolute Gasteiger partial charge is 0.267 e. The van der Waals surface area contributed by atoms with Crippen LogP contribution in [-0.4, -0.2) is 26.2 Å². The Bertz CT molecular complexity index is 1420. The molecule has 3 heterocycles. The van der Waals surface area contributed by atoms with E-state index in [1.54, 1.807) is 35.7 Å². The number of nitrogens with one attached hydrogen (secondary N) is 1. The molecule has 0 spiro atoms. The average Bonchev–Trinajstić information content (AvgIpc) is 3.20. The van der Waals surface area contributed by atoms with Gasteiger partial charge < -0.3 is 5.32 Å². The summed E-state index contributed by atoms with van der Waals surface area (Å²) in [4.78, 5) is 37.0. The minimum Gasteiger partial charge on any atom is -0.350 e. The molecule has 0 fully saturated rings. The third-order valence-corrected chi connectivity index (χ3v) is 8.00. The number of carbonyl (C=O) groups excluding carboxylic acids is 1. The number of nitrogens with zero attached hydrogens (tertiary/aromatic N) is 3. The molecule has 0 saturated carbocycles. The highest BCUT2D eigenvalue weighted by atomic mass is 32.2. The van der Waals surface area contributed by atoms with Crippen molar-refractivity contribution in [2.45, 2.75) is 37.9 Å². The van der Waals surface area contributed by atoms with Gasteiger partial charge in [0.1, 0.15) is 10.6 Å². The first-order valence-electron chi connectivity index (χ1n) is 11.1. The van der Waals surface area contributed by atoms with Crippen molar-refractivity contribution in [2.24, 2.45) is 5.92 Å². The first-order chi connectivity index (χ1) is 16.5. The highest BCUT2D eigenvalue weighted by Gasteiger charge is 2.26. The Balaban J connectivity index is 1.50. The lowest BCUT2D eigenvalue weighted by Crippen LogP contribution is -2.27. The number of carbonyl (C=O) groups is 1. The van der Waals surface area contributed by atoms with E-state index in [0.717, 1.165) is 42.3 Å². The Morgan fingerprint density at radius 3 is 2.88 bits per heavy atom. The lowest BCUT2D eigenvalue weighted by molar-refractivity contribution is -0.118. The van der Waals surface area contributed by atoms with E-state index in [1.807, 2.05) is 18.2 Å². The molecule has 1 atom stereocenters. The summed E-state index contributed by atoms with van der Waals surface area (Å²) in [5, 5.41) is 3.72. The van der Waals surface area contributed by atoms with Crippen molar-refractivity contribution in [1.82, 2.24) is 19.9 Å². The van der Waals surface area contributed by atoms with Crippen molar-refractivity contribution in [3.8, 4) is 5.69 Å². The molecule has 1 aromatic carbocycles. The molecular formula is C25H23FN4O2S2. The van der Waals surface area contributed by atoms with E-state index >= 15 is 0 Å². The number of hydrogen-bond donors (Lipinski definition) is 1. The summed E-state index contributed by atoms with van der Waals surface area (Å²) in [6.07, 6.45) is 4.44. The number of para-hydroxylation sites is 1. The van der Waals surface area contributed by atoms with Gasteiger partial charge >= 0.3 is 0 Å². The van der Waals surface area contributed by atoms with Crippen molar-refractivity contribution in [3.05, 3.63) is 81.0 Å². The second-order valence-electron chi connectivity index (χ2n) is 8.40. The van der Waals surface area contributed by atoms with Crippen molar-refractivity contribution in [2.75, 3.05) is 5.75 Å². The fraction of sp³-hybridized carbons (Fsp3) is 0.280. The minimum absolute atomic E-state index is 0.0430. The molecule has 1 aliphatic rings. The summed E-state index contributed by atoms with van der Waals surface area (Å²) in [5.74, 6) is -0.123. The van der Waals surface area contributed by atoms with Crippen LogP contribution in [0.25, 0.3) is 15.9 Å². The number of halogens is 1. The maximum Gasteiger partial charge on any atom is 0.267 e. The summed E-state index contributed by atoms with van der Waals surface area (Å²) in [5.41, 5.74) is 1.66. The van der Waals surface area contributed by atoms with Crippen molar-refractivity contribution in [1.29, 1.82) is 0 Å². The second-order valence-corrected chi connectivity index (χ2v) is 10.4. The molecular weight excluding hydrogens is 471 g/mol. The van der Waals surface area contributed by atoms with E-state index in [-0.39, 0.29) is 22.9 Å². The number of fused-ring (bicyclic) bond motifs is 3. The average molecular weight is 495 g/mol. The summed E-state index contributed by atoms with van der Waals surface area (Å²) in [7, 11) is 0. The standard InChI is InChI=1S/C25H23FN4O2S2/c1-15-9-10-17-20(12-15)34-23-22(17)24(32)30(19-8-3-2-7-18(19)26)25(29-23)33-14-21(31)28-13-16-6-4-5-11-27-16/h2-8,11,15H,9-10,12-14H2,1H3,(H,28,31). The maximum atomic E-state index is 14.8. The van der Waals surface area contributed by atoms with Crippen molar-refractivity contribution >= 4 is 39.2 Å². The monoisotopic (exact) mass is 494 g/mol. The molecule has 0 aliphatic heterocycles. The Morgan fingerprint density at radius 2 is 2.09 bits per heavy atom. The predicted octanol–water partition coefficient (Wildman–Crippen LogP) is 4.51. The van der Waals surface area contributed by atoms with Crippen LogP contribution in [0.2, 0.25) is 0 Å². The van der Waals surface area contributed by atoms with Crippen LogP contribution in [0.1, 0.15) is 29.5 Å². The van der Waals surface area contributed by atoms with Crippen LogP contribution in [0.15, 0.2) is 58.6 Å². The van der Waals surface area contributed by atoms with Gasteiger partial charge in [-0.25, -0.2) is 9.37 Å². The van der Waals surface area contributed by atoms with E-state index < -0.39 is 5.82 Å². The summed E-state index contributed by atoms with van der Waals surface area (Å²) < 4.78 is 16.1. The Morgan fingerprint density at radius 1 is 1.26 bits per heavy atom. The largest absolute Gasteiger partial charge is 0.350 e. The van der Waals surface area contributed by atoms with Crippen LogP contribution in [0.4, 0.5) is 4.39 Å². The number of rotatable bonds is 6. The molecule has 4 aromatic rings. The van der Waals surface area contributed by atoms with Gasteiger partial charge in [0.05, 0.1) is 29.1 Å². The van der Waals surface area contributed by atoms with Gasteiger partial charge in [0.25, 0.3) is 5.56 Å². The third-order valence-electron chi connectivity index (χ3n) is 5.92. The first kappa shape index (κ1) is 22.7. The van der Waals surface area contributed by atoms with Gasteiger partial charge in [0, 0.05) is 11.1 Å². The molecule has 9 heteroatoms. The number of thioether (sulfide) groups is 1. The fourth-order valence-electron chi connectivity index (χ4n) is 4.19. The van der Waals surface area contributed by atoms with E-state index in [2.05, 4.69) is 17.2 Å². The SMILES string of the molecule is CC1CCc2c(sc3nc(SCC(=O)NCc4ccccn4)n(-c4ccccc4F)c(=O)c23)C1. The van der Waals surface area contributed by atoms with Gasteiger partial charge in [-0.15, -0.1) is 11.3 Å². The number of pyridine rings is 1. The van der Waals surface area contributed by atoms with Crippen LogP contribution in [0.3, 0.4) is 0 Å². The molecule has 5 rings (SSSR count). The number of hydrogen-bond acceptors (Lipinski definition) is 6. The molecule has 1 N–H and O–H groups in total. The predicted molar refractivity (Wildman–Crippen MR) is 133 cm³/mol. The Hall–Kier alpha value is -3.04. The first-order valence-corrected chi connectivity index (χ1v) is 12.9. The maximum absolute atomic E-state index is 14.8. The van der Waals surface area contributed by atoms with Gasteiger partial charge in [-0.05, 0) is 55.0 Å². The summed E-state index contributed by atoms with van der Waals surface area (Å²) in [6, 6.07) is 11.7. The molecule has 0 saturated heterocycles. The van der Waals surface area contributed by atoms with Crippen LogP contribution in [0.5, 0.6) is 0 Å². The molecule has 0 bridgehead atoms. The highest BCUT2D eigenvalue weighted by Crippen LogP contribution is 2.37. The van der Waals surface area contributed by atoms with E-state index in [9.17, 15) is 14.0 Å².